The average molecular weight is 319 g/mol. The van der Waals surface area contributed by atoms with Crippen LogP contribution in [0.2, 0.25) is 0 Å². The number of rotatable bonds is 6. The summed E-state index contributed by atoms with van der Waals surface area (Å²) >= 11 is 0. The number of hydrogen-bond acceptors (Lipinski definition) is 4. The smallest absolute Gasteiger partial charge is 0.262 e. The molecule has 2 aromatic carbocycles. The SMILES string of the molecule is COc1ccc(NC(=O)COc2ccccc2F)c(OC)c1C. The third kappa shape index (κ3) is 3.91. The van der Waals surface area contributed by atoms with Crippen molar-refractivity contribution < 1.29 is 23.4 Å². The van der Waals surface area contributed by atoms with E-state index in [0.29, 0.717) is 17.2 Å². The summed E-state index contributed by atoms with van der Waals surface area (Å²) in [5.41, 5.74) is 1.26. The van der Waals surface area contributed by atoms with Crippen LogP contribution in [0, 0.1) is 12.7 Å². The van der Waals surface area contributed by atoms with Gasteiger partial charge in [-0.15, -0.1) is 0 Å². The Bertz CT molecular complexity index is 703. The Morgan fingerprint density at radius 2 is 1.83 bits per heavy atom. The first-order chi connectivity index (χ1) is 11.1. The van der Waals surface area contributed by atoms with Crippen LogP contribution in [0.25, 0.3) is 0 Å². The fourth-order valence-corrected chi connectivity index (χ4v) is 2.15. The van der Waals surface area contributed by atoms with Crippen molar-refractivity contribution in [2.24, 2.45) is 0 Å². The lowest BCUT2D eigenvalue weighted by molar-refractivity contribution is -0.118. The molecule has 0 saturated carbocycles. The van der Waals surface area contributed by atoms with E-state index in [4.69, 9.17) is 14.2 Å². The third-order valence-electron chi connectivity index (χ3n) is 3.25. The van der Waals surface area contributed by atoms with Crippen LogP contribution < -0.4 is 19.5 Å². The van der Waals surface area contributed by atoms with Crippen molar-refractivity contribution in [2.45, 2.75) is 6.92 Å². The van der Waals surface area contributed by atoms with Gasteiger partial charge >= 0.3 is 0 Å². The monoisotopic (exact) mass is 319 g/mol. The number of ether oxygens (including phenoxy) is 3. The number of methoxy groups -OCH3 is 2. The van der Waals surface area contributed by atoms with Gasteiger partial charge in [-0.3, -0.25) is 4.79 Å². The molecule has 0 unspecified atom stereocenters. The topological polar surface area (TPSA) is 56.8 Å². The second-order valence-corrected chi connectivity index (χ2v) is 4.74. The molecule has 2 aromatic rings. The Balaban J connectivity index is 2.06. The first kappa shape index (κ1) is 16.6. The van der Waals surface area contributed by atoms with E-state index in [1.54, 1.807) is 31.4 Å². The number of hydrogen-bond donors (Lipinski definition) is 1. The molecule has 0 heterocycles. The molecule has 1 N–H and O–H groups in total. The van der Waals surface area contributed by atoms with Crippen LogP contribution in [-0.4, -0.2) is 26.7 Å². The average Bonchev–Trinajstić information content (AvgIpc) is 2.54. The van der Waals surface area contributed by atoms with Gasteiger partial charge in [0.25, 0.3) is 5.91 Å². The molecule has 0 spiro atoms. The molecule has 0 aliphatic heterocycles. The standard InChI is InChI=1S/C17H18FNO4/c1-11-14(21-2)9-8-13(17(11)22-3)19-16(20)10-23-15-7-5-4-6-12(15)18/h4-9H,10H2,1-3H3,(H,19,20). The maximum atomic E-state index is 13.4. The molecule has 23 heavy (non-hydrogen) atoms. The maximum absolute atomic E-state index is 13.4. The molecule has 2 rings (SSSR count). The highest BCUT2D eigenvalue weighted by molar-refractivity contribution is 5.93. The Hall–Kier alpha value is -2.76. The highest BCUT2D eigenvalue weighted by Crippen LogP contribution is 2.34. The van der Waals surface area contributed by atoms with Crippen molar-refractivity contribution >= 4 is 11.6 Å². The van der Waals surface area contributed by atoms with Gasteiger partial charge < -0.3 is 19.5 Å². The van der Waals surface area contributed by atoms with E-state index in [1.807, 2.05) is 6.92 Å². The summed E-state index contributed by atoms with van der Waals surface area (Å²) in [4.78, 5) is 12.0. The zero-order chi connectivity index (χ0) is 16.8. The molecule has 0 radical (unpaired) electrons. The number of anilines is 1. The number of halogens is 1. The van der Waals surface area contributed by atoms with Crippen LogP contribution >= 0.6 is 0 Å². The zero-order valence-electron chi connectivity index (χ0n) is 13.2. The summed E-state index contributed by atoms with van der Waals surface area (Å²) in [7, 11) is 3.07. The molecule has 0 aromatic heterocycles. The van der Waals surface area contributed by atoms with Crippen LogP contribution in [-0.2, 0) is 4.79 Å². The number of para-hydroxylation sites is 1. The van der Waals surface area contributed by atoms with Gasteiger partial charge in [0, 0.05) is 5.56 Å². The molecular formula is C17H18FNO4. The first-order valence-corrected chi connectivity index (χ1v) is 6.95. The highest BCUT2D eigenvalue weighted by Gasteiger charge is 2.14. The summed E-state index contributed by atoms with van der Waals surface area (Å²) in [6.07, 6.45) is 0. The fraction of sp³-hybridized carbons (Fsp3) is 0.235. The third-order valence-corrected chi connectivity index (χ3v) is 3.25. The van der Waals surface area contributed by atoms with Crippen LogP contribution in [0.4, 0.5) is 10.1 Å². The lowest BCUT2D eigenvalue weighted by Gasteiger charge is -2.15. The molecular weight excluding hydrogens is 301 g/mol. The minimum absolute atomic E-state index is 0.0283. The Morgan fingerprint density at radius 1 is 1.09 bits per heavy atom. The molecule has 0 aliphatic carbocycles. The molecule has 6 heteroatoms. The van der Waals surface area contributed by atoms with Gasteiger partial charge in [0.15, 0.2) is 18.2 Å². The Morgan fingerprint density at radius 3 is 2.48 bits per heavy atom. The summed E-state index contributed by atoms with van der Waals surface area (Å²) in [5.74, 6) is 0.251. The molecule has 0 aliphatic rings. The van der Waals surface area contributed by atoms with E-state index in [-0.39, 0.29) is 12.4 Å². The second kappa shape index (κ2) is 7.49. The molecule has 122 valence electrons. The van der Waals surface area contributed by atoms with Gasteiger partial charge in [0.1, 0.15) is 11.5 Å². The minimum Gasteiger partial charge on any atom is -0.496 e. The van der Waals surface area contributed by atoms with Crippen molar-refractivity contribution in [1.29, 1.82) is 0 Å². The van der Waals surface area contributed by atoms with E-state index in [2.05, 4.69) is 5.32 Å². The number of amides is 1. The Labute approximate surface area is 134 Å². The fourth-order valence-electron chi connectivity index (χ4n) is 2.15. The van der Waals surface area contributed by atoms with Crippen LogP contribution in [0.1, 0.15) is 5.56 Å². The molecule has 5 nitrogen and oxygen atoms in total. The lowest BCUT2D eigenvalue weighted by atomic mass is 10.1. The van der Waals surface area contributed by atoms with Crippen molar-refractivity contribution in [3.63, 3.8) is 0 Å². The lowest BCUT2D eigenvalue weighted by Crippen LogP contribution is -2.21. The van der Waals surface area contributed by atoms with Crippen LogP contribution in [0.5, 0.6) is 17.2 Å². The van der Waals surface area contributed by atoms with E-state index in [1.165, 1.54) is 19.2 Å². The number of nitrogens with one attached hydrogen (secondary N) is 1. The quantitative estimate of drug-likeness (QED) is 0.888. The van der Waals surface area contributed by atoms with Gasteiger partial charge in [0.05, 0.1) is 19.9 Å². The van der Waals surface area contributed by atoms with Gasteiger partial charge in [0.2, 0.25) is 0 Å². The zero-order valence-corrected chi connectivity index (χ0v) is 13.2. The van der Waals surface area contributed by atoms with Crippen molar-refractivity contribution in [2.75, 3.05) is 26.1 Å². The summed E-state index contributed by atoms with van der Waals surface area (Å²) in [6, 6.07) is 9.31. The summed E-state index contributed by atoms with van der Waals surface area (Å²) in [6.45, 7) is 1.51. The van der Waals surface area contributed by atoms with E-state index in [9.17, 15) is 9.18 Å². The van der Waals surface area contributed by atoms with Crippen molar-refractivity contribution in [3.8, 4) is 17.2 Å². The first-order valence-electron chi connectivity index (χ1n) is 6.95. The van der Waals surface area contributed by atoms with E-state index < -0.39 is 11.7 Å². The summed E-state index contributed by atoms with van der Waals surface area (Å²) in [5, 5.41) is 2.68. The number of carbonyl (C=O) groups is 1. The molecule has 0 saturated heterocycles. The van der Waals surface area contributed by atoms with Gasteiger partial charge in [-0.2, -0.15) is 0 Å². The number of benzene rings is 2. The van der Waals surface area contributed by atoms with Gasteiger partial charge in [-0.1, -0.05) is 12.1 Å². The normalized spacial score (nSPS) is 10.1. The molecule has 0 fully saturated rings. The molecule has 0 atom stereocenters. The predicted octanol–water partition coefficient (Wildman–Crippen LogP) is 3.17. The highest BCUT2D eigenvalue weighted by atomic mass is 19.1. The van der Waals surface area contributed by atoms with Crippen molar-refractivity contribution in [1.82, 2.24) is 0 Å². The maximum Gasteiger partial charge on any atom is 0.262 e. The molecule has 1 amide bonds. The van der Waals surface area contributed by atoms with Crippen molar-refractivity contribution in [3.05, 3.63) is 47.8 Å². The largest absolute Gasteiger partial charge is 0.496 e. The van der Waals surface area contributed by atoms with Crippen LogP contribution in [0.15, 0.2) is 36.4 Å². The minimum atomic E-state index is -0.516. The predicted molar refractivity (Wildman–Crippen MR) is 84.8 cm³/mol. The number of carbonyl (C=O) groups excluding carboxylic acids is 1. The van der Waals surface area contributed by atoms with E-state index in [0.717, 1.165) is 5.56 Å². The van der Waals surface area contributed by atoms with Gasteiger partial charge in [-0.25, -0.2) is 4.39 Å². The van der Waals surface area contributed by atoms with Crippen LogP contribution in [0.3, 0.4) is 0 Å². The second-order valence-electron chi connectivity index (χ2n) is 4.74. The van der Waals surface area contributed by atoms with E-state index >= 15 is 0 Å². The van der Waals surface area contributed by atoms with Gasteiger partial charge in [-0.05, 0) is 31.2 Å². The summed E-state index contributed by atoms with van der Waals surface area (Å²) < 4.78 is 29.1. The molecule has 0 bridgehead atoms. The Kier molecular flexibility index (Phi) is 5.41.